The fraction of sp³-hybridized carbons (Fsp3) is 0.467. The molecule has 0 saturated heterocycles. The van der Waals surface area contributed by atoms with Gasteiger partial charge in [0, 0.05) is 22.4 Å². The Morgan fingerprint density at radius 2 is 2.24 bits per heavy atom. The molecule has 1 fully saturated rings. The maximum absolute atomic E-state index is 12.4. The topological polar surface area (TPSA) is 68.0 Å². The van der Waals surface area contributed by atoms with Gasteiger partial charge in [-0.3, -0.25) is 4.79 Å². The van der Waals surface area contributed by atoms with Crippen molar-refractivity contribution in [3.05, 3.63) is 22.2 Å². The largest absolute Gasteiger partial charge is 0.397 e. The Kier molecular flexibility index (Phi) is 3.61. The highest BCUT2D eigenvalue weighted by Crippen LogP contribution is 2.46. The molecule has 0 spiro atoms. The van der Waals surface area contributed by atoms with Crippen LogP contribution in [0.5, 0.6) is 0 Å². The average Bonchev–Trinajstić information content (AvgIpc) is 3.14. The minimum absolute atomic E-state index is 0.0760. The van der Waals surface area contributed by atoms with E-state index in [2.05, 4.69) is 16.6 Å². The number of nitrogens with one attached hydrogen (secondary N) is 1. The van der Waals surface area contributed by atoms with Crippen molar-refractivity contribution in [2.45, 2.75) is 31.4 Å². The number of nitrogens with two attached hydrogens (primary N) is 1. The normalized spacial score (nSPS) is 16.1. The fourth-order valence-electron chi connectivity index (χ4n) is 2.55. The van der Waals surface area contributed by atoms with Crippen LogP contribution in [0.25, 0.3) is 10.2 Å². The molecule has 0 radical (unpaired) electrons. The molecule has 21 heavy (non-hydrogen) atoms. The van der Waals surface area contributed by atoms with Crippen LogP contribution < -0.4 is 11.1 Å². The first kappa shape index (κ1) is 14.7. The molecule has 1 aliphatic carbocycles. The van der Waals surface area contributed by atoms with E-state index >= 15 is 0 Å². The summed E-state index contributed by atoms with van der Waals surface area (Å²) in [7, 11) is 0. The van der Waals surface area contributed by atoms with Crippen molar-refractivity contribution < 1.29 is 4.79 Å². The van der Waals surface area contributed by atoms with Gasteiger partial charge >= 0.3 is 0 Å². The molecule has 3 N–H and O–H groups in total. The lowest BCUT2D eigenvalue weighted by Crippen LogP contribution is -2.31. The number of anilines is 1. The number of nitrogens with zero attached hydrogens (tertiary/aromatic N) is 1. The third-order valence-electron chi connectivity index (χ3n) is 4.04. The molecule has 1 aliphatic rings. The van der Waals surface area contributed by atoms with E-state index in [9.17, 15) is 4.79 Å². The smallest absolute Gasteiger partial charge is 0.263 e. The summed E-state index contributed by atoms with van der Waals surface area (Å²) < 4.78 is 0.256. The molecule has 6 heteroatoms. The molecule has 0 aromatic carbocycles. The van der Waals surface area contributed by atoms with Crippen molar-refractivity contribution in [1.82, 2.24) is 10.3 Å². The molecule has 2 heterocycles. The molecule has 1 amide bonds. The van der Waals surface area contributed by atoms with E-state index in [1.165, 1.54) is 24.2 Å². The number of pyridine rings is 1. The highest BCUT2D eigenvalue weighted by molar-refractivity contribution is 8.00. The zero-order valence-electron chi connectivity index (χ0n) is 12.4. The van der Waals surface area contributed by atoms with Gasteiger partial charge in [-0.2, -0.15) is 11.8 Å². The predicted molar refractivity (Wildman–Crippen MR) is 91.3 cm³/mol. The summed E-state index contributed by atoms with van der Waals surface area (Å²) in [4.78, 5) is 18.3. The van der Waals surface area contributed by atoms with E-state index in [-0.39, 0.29) is 10.7 Å². The van der Waals surface area contributed by atoms with Crippen LogP contribution in [0.3, 0.4) is 0 Å². The Morgan fingerprint density at radius 3 is 2.86 bits per heavy atom. The number of aromatic nitrogens is 1. The first-order chi connectivity index (χ1) is 9.96. The minimum Gasteiger partial charge on any atom is -0.397 e. The number of rotatable bonds is 4. The number of carbonyl (C=O) groups excluding carboxylic acids is 1. The van der Waals surface area contributed by atoms with Crippen molar-refractivity contribution in [2.24, 2.45) is 0 Å². The lowest BCUT2D eigenvalue weighted by atomic mass is 10.1. The van der Waals surface area contributed by atoms with Crippen molar-refractivity contribution in [3.63, 3.8) is 0 Å². The zero-order chi connectivity index (χ0) is 15.2. The maximum atomic E-state index is 12.4. The lowest BCUT2D eigenvalue weighted by Gasteiger charge is -2.12. The van der Waals surface area contributed by atoms with Crippen molar-refractivity contribution in [1.29, 1.82) is 0 Å². The number of aryl methyl sites for hydroxylation is 2. The molecule has 1 saturated carbocycles. The molecule has 2 aromatic rings. The Balaban J connectivity index is 1.88. The van der Waals surface area contributed by atoms with Crippen LogP contribution in [-0.4, -0.2) is 28.4 Å². The SMILES string of the molecule is CSC1(CNC(=O)c2sc3nc(C)cc(C)c3c2N)CC1. The van der Waals surface area contributed by atoms with Gasteiger partial charge in [0.25, 0.3) is 5.91 Å². The molecule has 0 aliphatic heterocycles. The van der Waals surface area contributed by atoms with E-state index in [1.807, 2.05) is 31.7 Å². The van der Waals surface area contributed by atoms with E-state index in [4.69, 9.17) is 5.73 Å². The summed E-state index contributed by atoms with van der Waals surface area (Å²) in [5, 5.41) is 3.95. The van der Waals surface area contributed by atoms with Crippen LogP contribution in [-0.2, 0) is 0 Å². The Labute approximate surface area is 132 Å². The monoisotopic (exact) mass is 321 g/mol. The van der Waals surface area contributed by atoms with Gasteiger partial charge in [-0.15, -0.1) is 11.3 Å². The summed E-state index contributed by atoms with van der Waals surface area (Å²) in [6.45, 7) is 4.68. The average molecular weight is 321 g/mol. The molecular formula is C15H19N3OS2. The quantitative estimate of drug-likeness (QED) is 0.908. The minimum atomic E-state index is -0.0760. The molecule has 0 unspecified atom stereocenters. The third kappa shape index (κ3) is 2.62. The van der Waals surface area contributed by atoms with Gasteiger partial charge in [0.05, 0.1) is 5.69 Å². The van der Waals surface area contributed by atoms with Crippen LogP contribution in [0, 0.1) is 13.8 Å². The van der Waals surface area contributed by atoms with Gasteiger partial charge in [0.15, 0.2) is 0 Å². The molecule has 0 atom stereocenters. The number of hydrogen-bond acceptors (Lipinski definition) is 5. The standard InChI is InChI=1S/C15H19N3OS2/c1-8-6-9(2)18-14-10(8)11(16)12(21-14)13(19)17-7-15(20-3)4-5-15/h6H,4-5,7,16H2,1-3H3,(H,17,19). The van der Waals surface area contributed by atoms with Gasteiger partial charge < -0.3 is 11.1 Å². The number of hydrogen-bond donors (Lipinski definition) is 2. The molecule has 2 aromatic heterocycles. The molecule has 112 valence electrons. The van der Waals surface area contributed by atoms with E-state index in [0.717, 1.165) is 21.5 Å². The van der Waals surface area contributed by atoms with Crippen molar-refractivity contribution in [2.75, 3.05) is 18.5 Å². The summed E-state index contributed by atoms with van der Waals surface area (Å²) in [5.74, 6) is -0.0760. The first-order valence-corrected chi connectivity index (χ1v) is 8.99. The first-order valence-electron chi connectivity index (χ1n) is 6.95. The summed E-state index contributed by atoms with van der Waals surface area (Å²) in [5.41, 5.74) is 8.77. The number of amides is 1. The van der Waals surface area contributed by atoms with Crippen LogP contribution in [0.15, 0.2) is 6.07 Å². The Morgan fingerprint density at radius 1 is 1.52 bits per heavy atom. The summed E-state index contributed by atoms with van der Waals surface area (Å²) in [6.07, 6.45) is 4.45. The van der Waals surface area contributed by atoms with Gasteiger partial charge in [0.1, 0.15) is 9.71 Å². The van der Waals surface area contributed by atoms with Gasteiger partial charge in [0.2, 0.25) is 0 Å². The van der Waals surface area contributed by atoms with Crippen LogP contribution >= 0.6 is 23.1 Å². The van der Waals surface area contributed by atoms with Gasteiger partial charge in [-0.25, -0.2) is 4.98 Å². The van der Waals surface area contributed by atoms with Crippen LogP contribution in [0.1, 0.15) is 33.8 Å². The van der Waals surface area contributed by atoms with Crippen LogP contribution in [0.2, 0.25) is 0 Å². The van der Waals surface area contributed by atoms with Crippen molar-refractivity contribution >= 4 is 44.9 Å². The van der Waals surface area contributed by atoms with E-state index in [0.29, 0.717) is 17.1 Å². The summed E-state index contributed by atoms with van der Waals surface area (Å²) in [6, 6.07) is 2.00. The second kappa shape index (κ2) is 5.18. The van der Waals surface area contributed by atoms with Crippen LogP contribution in [0.4, 0.5) is 5.69 Å². The molecule has 4 nitrogen and oxygen atoms in total. The maximum Gasteiger partial charge on any atom is 0.263 e. The third-order valence-corrected chi connectivity index (χ3v) is 6.56. The lowest BCUT2D eigenvalue weighted by molar-refractivity contribution is 0.0958. The number of nitrogen functional groups attached to an aromatic ring is 1. The fourth-order valence-corrected chi connectivity index (χ4v) is 4.41. The number of carbonyl (C=O) groups is 1. The number of fused-ring (bicyclic) bond motifs is 1. The number of thioether (sulfide) groups is 1. The zero-order valence-corrected chi connectivity index (χ0v) is 14.1. The predicted octanol–water partition coefficient (Wildman–Crippen LogP) is 3.12. The van der Waals surface area contributed by atoms with Crippen molar-refractivity contribution in [3.8, 4) is 0 Å². The highest BCUT2D eigenvalue weighted by Gasteiger charge is 2.42. The second-order valence-electron chi connectivity index (χ2n) is 5.68. The second-order valence-corrected chi connectivity index (χ2v) is 7.95. The van der Waals surface area contributed by atoms with E-state index in [1.54, 1.807) is 0 Å². The molecular weight excluding hydrogens is 302 g/mol. The van der Waals surface area contributed by atoms with E-state index < -0.39 is 0 Å². The number of thiophene rings is 1. The Hall–Kier alpha value is -1.27. The van der Waals surface area contributed by atoms with Gasteiger partial charge in [-0.1, -0.05) is 0 Å². The Bertz CT molecular complexity index is 719. The van der Waals surface area contributed by atoms with Gasteiger partial charge in [-0.05, 0) is 44.6 Å². The molecule has 3 rings (SSSR count). The summed E-state index contributed by atoms with van der Waals surface area (Å²) >= 11 is 3.22. The molecule has 0 bridgehead atoms. The highest BCUT2D eigenvalue weighted by atomic mass is 32.2.